The molecule has 0 atom stereocenters. The van der Waals surface area contributed by atoms with Crippen LogP contribution in [0.1, 0.15) is 5.56 Å². The van der Waals surface area contributed by atoms with Crippen LogP contribution in [0.5, 0.6) is 5.75 Å². The second-order valence-corrected chi connectivity index (χ2v) is 5.97. The Morgan fingerprint density at radius 1 is 1.21 bits per heavy atom. The van der Waals surface area contributed by atoms with Crippen molar-refractivity contribution in [1.29, 1.82) is 0 Å². The Morgan fingerprint density at radius 2 is 2.00 bits per heavy atom. The highest BCUT2D eigenvalue weighted by Gasteiger charge is 2.22. The van der Waals surface area contributed by atoms with Crippen molar-refractivity contribution >= 4 is 23.3 Å². The maximum atomic E-state index is 12.4. The number of anilines is 1. The van der Waals surface area contributed by atoms with E-state index in [4.69, 9.17) is 16.3 Å². The molecule has 24 heavy (non-hydrogen) atoms. The molecule has 6 nitrogen and oxygen atoms in total. The minimum Gasteiger partial charge on any atom is -0.497 e. The SMILES string of the molecule is COc1ccnc(N2CCN(C(=O)Cc3ccc(Cl)nc3)CC2)c1. The maximum Gasteiger partial charge on any atom is 0.227 e. The van der Waals surface area contributed by atoms with Crippen LogP contribution in [0.25, 0.3) is 0 Å². The van der Waals surface area contributed by atoms with Gasteiger partial charge in [-0.05, 0) is 17.7 Å². The molecule has 0 radical (unpaired) electrons. The second-order valence-electron chi connectivity index (χ2n) is 5.59. The largest absolute Gasteiger partial charge is 0.497 e. The molecular formula is C17H19ClN4O2. The summed E-state index contributed by atoms with van der Waals surface area (Å²) in [5, 5.41) is 0.436. The highest BCUT2D eigenvalue weighted by Crippen LogP contribution is 2.19. The number of carbonyl (C=O) groups excluding carboxylic acids is 1. The molecule has 1 aliphatic heterocycles. The molecule has 0 unspecified atom stereocenters. The fourth-order valence-corrected chi connectivity index (χ4v) is 2.79. The monoisotopic (exact) mass is 346 g/mol. The van der Waals surface area contributed by atoms with Gasteiger partial charge in [-0.1, -0.05) is 17.7 Å². The normalized spacial score (nSPS) is 14.6. The van der Waals surface area contributed by atoms with Crippen LogP contribution in [0.15, 0.2) is 36.7 Å². The summed E-state index contributed by atoms with van der Waals surface area (Å²) in [7, 11) is 1.64. The van der Waals surface area contributed by atoms with Crippen molar-refractivity contribution in [3.05, 3.63) is 47.4 Å². The van der Waals surface area contributed by atoms with Gasteiger partial charge in [0.15, 0.2) is 0 Å². The van der Waals surface area contributed by atoms with E-state index in [2.05, 4.69) is 14.9 Å². The molecule has 0 saturated carbocycles. The Bertz CT molecular complexity index is 700. The van der Waals surface area contributed by atoms with Crippen LogP contribution in [0.2, 0.25) is 5.15 Å². The third kappa shape index (κ3) is 3.94. The van der Waals surface area contributed by atoms with Crippen molar-refractivity contribution in [3.8, 4) is 5.75 Å². The molecule has 126 valence electrons. The van der Waals surface area contributed by atoms with E-state index in [0.717, 1.165) is 30.2 Å². The predicted molar refractivity (Wildman–Crippen MR) is 92.5 cm³/mol. The number of methoxy groups -OCH3 is 1. The minimum atomic E-state index is 0.109. The molecule has 2 aromatic heterocycles. The van der Waals surface area contributed by atoms with E-state index >= 15 is 0 Å². The molecule has 1 fully saturated rings. The van der Waals surface area contributed by atoms with Crippen molar-refractivity contribution in [2.75, 3.05) is 38.2 Å². The number of nitrogens with zero attached hydrogens (tertiary/aromatic N) is 4. The van der Waals surface area contributed by atoms with E-state index < -0.39 is 0 Å². The molecule has 0 N–H and O–H groups in total. The lowest BCUT2D eigenvalue weighted by molar-refractivity contribution is -0.130. The number of carbonyl (C=O) groups is 1. The van der Waals surface area contributed by atoms with E-state index in [-0.39, 0.29) is 5.91 Å². The molecule has 2 aromatic rings. The van der Waals surface area contributed by atoms with E-state index in [1.165, 1.54) is 0 Å². The summed E-state index contributed by atoms with van der Waals surface area (Å²) in [6.45, 7) is 2.87. The smallest absolute Gasteiger partial charge is 0.227 e. The third-order valence-corrected chi connectivity index (χ3v) is 4.28. The third-order valence-electron chi connectivity index (χ3n) is 4.05. The van der Waals surface area contributed by atoms with Crippen molar-refractivity contribution in [1.82, 2.24) is 14.9 Å². The summed E-state index contributed by atoms with van der Waals surface area (Å²) in [5.41, 5.74) is 0.876. The summed E-state index contributed by atoms with van der Waals surface area (Å²) >= 11 is 5.77. The van der Waals surface area contributed by atoms with Gasteiger partial charge in [0.25, 0.3) is 0 Å². The molecule has 0 bridgehead atoms. The first kappa shape index (κ1) is 16.5. The van der Waals surface area contributed by atoms with Crippen molar-refractivity contribution in [2.24, 2.45) is 0 Å². The second kappa shape index (κ2) is 7.49. The molecule has 1 aliphatic rings. The first-order chi connectivity index (χ1) is 11.7. The fourth-order valence-electron chi connectivity index (χ4n) is 2.68. The van der Waals surface area contributed by atoms with Gasteiger partial charge in [0.2, 0.25) is 5.91 Å². The van der Waals surface area contributed by atoms with Crippen molar-refractivity contribution < 1.29 is 9.53 Å². The maximum absolute atomic E-state index is 12.4. The number of aromatic nitrogens is 2. The first-order valence-electron chi connectivity index (χ1n) is 7.79. The van der Waals surface area contributed by atoms with Gasteiger partial charge in [0.05, 0.1) is 13.5 Å². The Labute approximate surface area is 146 Å². The molecule has 3 rings (SSSR count). The number of hydrogen-bond acceptors (Lipinski definition) is 5. The first-order valence-corrected chi connectivity index (χ1v) is 8.17. The summed E-state index contributed by atoms with van der Waals surface area (Å²) < 4.78 is 5.23. The number of amides is 1. The molecular weight excluding hydrogens is 328 g/mol. The van der Waals surface area contributed by atoms with Crippen LogP contribution in [0.4, 0.5) is 5.82 Å². The average Bonchev–Trinajstić information content (AvgIpc) is 2.64. The molecule has 1 saturated heterocycles. The van der Waals surface area contributed by atoms with Crippen LogP contribution in [0.3, 0.4) is 0 Å². The Morgan fingerprint density at radius 3 is 2.67 bits per heavy atom. The molecule has 3 heterocycles. The van der Waals surface area contributed by atoms with Crippen LogP contribution >= 0.6 is 11.6 Å². The molecule has 1 amide bonds. The Hall–Kier alpha value is -2.34. The number of pyridine rings is 2. The van der Waals surface area contributed by atoms with Gasteiger partial charge in [-0.2, -0.15) is 0 Å². The lowest BCUT2D eigenvalue weighted by Crippen LogP contribution is -2.49. The van der Waals surface area contributed by atoms with Gasteiger partial charge in [0, 0.05) is 44.6 Å². The van der Waals surface area contributed by atoms with Crippen LogP contribution in [-0.2, 0) is 11.2 Å². The molecule has 0 aromatic carbocycles. The summed E-state index contributed by atoms with van der Waals surface area (Å²) in [6.07, 6.45) is 3.73. The van der Waals surface area contributed by atoms with Gasteiger partial charge in [0.1, 0.15) is 16.7 Å². The summed E-state index contributed by atoms with van der Waals surface area (Å²) in [6, 6.07) is 7.28. The lowest BCUT2D eigenvalue weighted by atomic mass is 10.2. The molecule has 0 aliphatic carbocycles. The predicted octanol–water partition coefficient (Wildman–Crippen LogP) is 2.03. The number of hydrogen-bond donors (Lipinski definition) is 0. The zero-order valence-electron chi connectivity index (χ0n) is 13.5. The van der Waals surface area contributed by atoms with E-state index in [9.17, 15) is 4.79 Å². The standard InChI is InChI=1S/C17H19ClN4O2/c1-24-14-4-5-19-16(11-14)21-6-8-22(9-7-21)17(23)10-13-2-3-15(18)20-12-13/h2-5,11-12H,6-10H2,1H3. The topological polar surface area (TPSA) is 58.6 Å². The van der Waals surface area contributed by atoms with Gasteiger partial charge < -0.3 is 14.5 Å². The number of rotatable bonds is 4. The Balaban J connectivity index is 1.56. The van der Waals surface area contributed by atoms with E-state index in [1.807, 2.05) is 23.1 Å². The van der Waals surface area contributed by atoms with Gasteiger partial charge in [-0.25, -0.2) is 9.97 Å². The Kier molecular flexibility index (Phi) is 5.15. The van der Waals surface area contributed by atoms with Crippen LogP contribution in [0, 0.1) is 0 Å². The zero-order valence-corrected chi connectivity index (χ0v) is 14.2. The lowest BCUT2D eigenvalue weighted by Gasteiger charge is -2.35. The number of piperazine rings is 1. The minimum absolute atomic E-state index is 0.109. The van der Waals surface area contributed by atoms with Gasteiger partial charge >= 0.3 is 0 Å². The highest BCUT2D eigenvalue weighted by atomic mass is 35.5. The number of ether oxygens (including phenoxy) is 1. The molecule has 7 heteroatoms. The highest BCUT2D eigenvalue weighted by molar-refractivity contribution is 6.29. The fraction of sp³-hybridized carbons (Fsp3) is 0.353. The quantitative estimate of drug-likeness (QED) is 0.793. The van der Waals surface area contributed by atoms with E-state index in [1.54, 1.807) is 25.6 Å². The van der Waals surface area contributed by atoms with Crippen molar-refractivity contribution in [3.63, 3.8) is 0 Å². The number of halogens is 1. The van der Waals surface area contributed by atoms with Gasteiger partial charge in [-0.15, -0.1) is 0 Å². The zero-order chi connectivity index (χ0) is 16.9. The van der Waals surface area contributed by atoms with Crippen LogP contribution in [-0.4, -0.2) is 54.1 Å². The van der Waals surface area contributed by atoms with Gasteiger partial charge in [-0.3, -0.25) is 4.79 Å². The van der Waals surface area contributed by atoms with Crippen LogP contribution < -0.4 is 9.64 Å². The van der Waals surface area contributed by atoms with E-state index in [0.29, 0.717) is 24.7 Å². The molecule has 0 spiro atoms. The average molecular weight is 347 g/mol. The summed E-state index contributed by atoms with van der Waals surface area (Å²) in [4.78, 5) is 24.8. The van der Waals surface area contributed by atoms with Crippen molar-refractivity contribution in [2.45, 2.75) is 6.42 Å². The summed E-state index contributed by atoms with van der Waals surface area (Å²) in [5.74, 6) is 1.77.